The van der Waals surface area contributed by atoms with Crippen LogP contribution in [0.4, 0.5) is 0 Å². The normalized spacial score (nSPS) is 23.6. The molecule has 3 rings (SSSR count). The van der Waals surface area contributed by atoms with Crippen LogP contribution in [-0.4, -0.2) is 95.2 Å². The lowest BCUT2D eigenvalue weighted by molar-refractivity contribution is -0.142. The van der Waals surface area contributed by atoms with E-state index in [-0.39, 0.29) is 47.7 Å². The molecule has 9 heteroatoms. The van der Waals surface area contributed by atoms with Gasteiger partial charge in [0.2, 0.25) is 23.6 Å². The van der Waals surface area contributed by atoms with Gasteiger partial charge in [-0.3, -0.25) is 24.1 Å². The van der Waals surface area contributed by atoms with E-state index in [2.05, 4.69) is 29.4 Å². The minimum Gasteiger partial charge on any atom is -0.354 e. The van der Waals surface area contributed by atoms with Crippen molar-refractivity contribution in [1.82, 2.24) is 25.3 Å². The number of nitrogens with one attached hydrogen (secondary N) is 2. The number of hydrogen-bond acceptors (Lipinski definition) is 5. The van der Waals surface area contributed by atoms with Gasteiger partial charge < -0.3 is 20.4 Å². The molecule has 3 fully saturated rings. The number of carbonyl (C=O) groups excluding carboxylic acids is 4. The van der Waals surface area contributed by atoms with E-state index in [9.17, 15) is 19.2 Å². The topological polar surface area (TPSA) is 102 Å². The van der Waals surface area contributed by atoms with Gasteiger partial charge in [0, 0.05) is 31.8 Å². The van der Waals surface area contributed by atoms with Crippen molar-refractivity contribution in [2.45, 2.75) is 150 Å². The van der Waals surface area contributed by atoms with Crippen molar-refractivity contribution in [2.24, 2.45) is 17.3 Å². The van der Waals surface area contributed by atoms with Crippen LogP contribution in [0, 0.1) is 17.3 Å². The Hall–Kier alpha value is -2.42. The lowest BCUT2D eigenvalue weighted by Crippen LogP contribution is -2.60. The fraction of sp³-hybridized carbons (Fsp3) is 0.833. The first-order valence-corrected chi connectivity index (χ1v) is 17.7. The molecule has 0 spiro atoms. The summed E-state index contributed by atoms with van der Waals surface area (Å²) in [6.45, 7) is 18.2. The summed E-state index contributed by atoms with van der Waals surface area (Å²) in [7, 11) is 1.77. The summed E-state index contributed by atoms with van der Waals surface area (Å²) < 4.78 is 0. The number of amides is 4. The summed E-state index contributed by atoms with van der Waals surface area (Å²) in [6, 6.07) is -1.51. The van der Waals surface area contributed by atoms with Crippen molar-refractivity contribution in [1.29, 1.82) is 0 Å². The van der Waals surface area contributed by atoms with E-state index in [1.54, 1.807) is 23.8 Å². The molecule has 0 radical (unpaired) electrons. The predicted molar refractivity (Wildman–Crippen MR) is 180 cm³/mol. The molecule has 0 bridgehead atoms. The van der Waals surface area contributed by atoms with Gasteiger partial charge in [-0.25, -0.2) is 0 Å². The van der Waals surface area contributed by atoms with Crippen LogP contribution in [0.5, 0.6) is 0 Å². The van der Waals surface area contributed by atoms with Gasteiger partial charge in [-0.15, -0.1) is 0 Å². The molecule has 2 N–H and O–H groups in total. The minimum absolute atomic E-state index is 0.0287. The summed E-state index contributed by atoms with van der Waals surface area (Å²) in [6.07, 6.45) is 12.3. The summed E-state index contributed by atoms with van der Waals surface area (Å²) >= 11 is 0. The number of piperidine rings is 1. The molecule has 2 aliphatic heterocycles. The molecule has 1 saturated carbocycles. The van der Waals surface area contributed by atoms with E-state index in [0.29, 0.717) is 31.0 Å². The Bertz CT molecular complexity index is 1060. The molecule has 9 nitrogen and oxygen atoms in total. The smallest absolute Gasteiger partial charge is 0.249 e. The molecular weight excluding hydrogens is 566 g/mol. The zero-order valence-electron chi connectivity index (χ0n) is 29.8. The second kappa shape index (κ2) is 16.4. The highest BCUT2D eigenvalue weighted by atomic mass is 16.2. The van der Waals surface area contributed by atoms with Crippen LogP contribution in [0.15, 0.2) is 11.6 Å². The predicted octanol–water partition coefficient (Wildman–Crippen LogP) is 4.90. The Labute approximate surface area is 273 Å². The molecule has 4 atom stereocenters. The van der Waals surface area contributed by atoms with Crippen molar-refractivity contribution >= 4 is 23.6 Å². The highest BCUT2D eigenvalue weighted by molar-refractivity contribution is 5.97. The maximum Gasteiger partial charge on any atom is 0.249 e. The maximum absolute atomic E-state index is 14.1. The number of likely N-dealkylation sites (N-methyl/N-ethyl adjacent to an activating group) is 1. The second-order valence-corrected chi connectivity index (χ2v) is 15.6. The third-order valence-electron chi connectivity index (χ3n) is 10.3. The van der Waals surface area contributed by atoms with E-state index in [0.717, 1.165) is 45.1 Å². The van der Waals surface area contributed by atoms with Gasteiger partial charge in [0.25, 0.3) is 0 Å². The van der Waals surface area contributed by atoms with Crippen LogP contribution in [0.25, 0.3) is 0 Å². The Balaban J connectivity index is 1.72. The average Bonchev–Trinajstić information content (AvgIpc) is 3.50. The zero-order valence-corrected chi connectivity index (χ0v) is 29.8. The van der Waals surface area contributed by atoms with E-state index in [4.69, 9.17) is 0 Å². The summed E-state index contributed by atoms with van der Waals surface area (Å²) in [5.74, 6) is 0.108. The van der Waals surface area contributed by atoms with Crippen LogP contribution in [-0.2, 0) is 19.2 Å². The zero-order chi connectivity index (χ0) is 33.5. The second-order valence-electron chi connectivity index (χ2n) is 15.6. The molecule has 45 heavy (non-hydrogen) atoms. The summed E-state index contributed by atoms with van der Waals surface area (Å²) in [4.78, 5) is 60.3. The number of nitrogens with zero attached hydrogens (tertiary/aromatic N) is 3. The highest BCUT2D eigenvalue weighted by Gasteiger charge is 2.40. The van der Waals surface area contributed by atoms with Crippen LogP contribution in [0.1, 0.15) is 120 Å². The number of likely N-dealkylation sites (tertiary alicyclic amines) is 2. The van der Waals surface area contributed by atoms with Gasteiger partial charge in [0.15, 0.2) is 0 Å². The quantitative estimate of drug-likeness (QED) is 0.317. The van der Waals surface area contributed by atoms with E-state index >= 15 is 0 Å². The Kier molecular flexibility index (Phi) is 13.5. The van der Waals surface area contributed by atoms with Gasteiger partial charge in [-0.1, -0.05) is 66.4 Å². The molecule has 2 heterocycles. The number of carbonyl (C=O) groups is 4. The Morgan fingerprint density at radius 2 is 1.47 bits per heavy atom. The standard InChI is InChI=1S/C36H63N5O4/c1-24(2)30(22-26(5)34(44)41-21-15-19-28(41)32(42)37-23-27-16-11-10-12-17-27)39(9)35(45)31(36(6,7)8)38-33(43)29-18-13-14-20-40(29)25(3)4/h22,24-25,27-31H,10-21,23H2,1-9H3,(H,37,42)(H,38,43)/b26-22+/t28?,29-,30-,31?/m1/s1. The molecule has 2 unspecified atom stereocenters. The lowest BCUT2D eigenvalue weighted by Gasteiger charge is -2.41. The van der Waals surface area contributed by atoms with Crippen LogP contribution < -0.4 is 10.6 Å². The Morgan fingerprint density at radius 3 is 2.07 bits per heavy atom. The lowest BCUT2D eigenvalue weighted by atomic mass is 9.84. The molecule has 0 aromatic heterocycles. The molecule has 4 amide bonds. The highest BCUT2D eigenvalue weighted by Crippen LogP contribution is 2.27. The molecule has 2 saturated heterocycles. The van der Waals surface area contributed by atoms with E-state index in [1.807, 2.05) is 40.7 Å². The SMILES string of the molecule is C/C(=C\[C@H](C(C)C)N(C)C(=O)C(NC(=O)[C@H]1CCCCN1C(C)C)C(C)(C)C)C(=O)N1CCCC1C(=O)NCC1CCCCC1. The number of hydrogen-bond donors (Lipinski definition) is 2. The van der Waals surface area contributed by atoms with Crippen molar-refractivity contribution in [3.05, 3.63) is 11.6 Å². The van der Waals surface area contributed by atoms with E-state index < -0.39 is 17.5 Å². The van der Waals surface area contributed by atoms with Gasteiger partial charge in [-0.2, -0.15) is 0 Å². The monoisotopic (exact) mass is 629 g/mol. The van der Waals surface area contributed by atoms with Crippen molar-refractivity contribution in [3.63, 3.8) is 0 Å². The largest absolute Gasteiger partial charge is 0.354 e. The molecule has 256 valence electrons. The van der Waals surface area contributed by atoms with Gasteiger partial charge in [0.05, 0.1) is 12.1 Å². The number of rotatable bonds is 11. The van der Waals surface area contributed by atoms with Gasteiger partial charge in [-0.05, 0) is 83.1 Å². The fourth-order valence-corrected chi connectivity index (χ4v) is 7.43. The molecule has 0 aromatic carbocycles. The van der Waals surface area contributed by atoms with E-state index in [1.165, 1.54) is 19.3 Å². The van der Waals surface area contributed by atoms with Crippen LogP contribution >= 0.6 is 0 Å². The molecule has 3 aliphatic rings. The first-order chi connectivity index (χ1) is 21.1. The van der Waals surface area contributed by atoms with Crippen molar-refractivity contribution in [3.8, 4) is 0 Å². The fourth-order valence-electron chi connectivity index (χ4n) is 7.43. The van der Waals surface area contributed by atoms with Crippen LogP contribution in [0.2, 0.25) is 0 Å². The van der Waals surface area contributed by atoms with Gasteiger partial charge in [0.1, 0.15) is 12.1 Å². The summed E-state index contributed by atoms with van der Waals surface area (Å²) in [5.41, 5.74) is 0.0220. The molecule has 0 aromatic rings. The minimum atomic E-state index is -0.715. The first kappa shape index (κ1) is 37.0. The van der Waals surface area contributed by atoms with Crippen molar-refractivity contribution in [2.75, 3.05) is 26.7 Å². The third-order valence-corrected chi connectivity index (χ3v) is 10.3. The first-order valence-electron chi connectivity index (χ1n) is 17.7. The average molecular weight is 630 g/mol. The molecule has 1 aliphatic carbocycles. The maximum atomic E-state index is 14.1. The van der Waals surface area contributed by atoms with Gasteiger partial charge >= 0.3 is 0 Å². The summed E-state index contributed by atoms with van der Waals surface area (Å²) in [5, 5.41) is 6.29. The molecular formula is C36H63N5O4. The van der Waals surface area contributed by atoms with Crippen molar-refractivity contribution < 1.29 is 19.2 Å². The Morgan fingerprint density at radius 1 is 0.844 bits per heavy atom. The van der Waals surface area contributed by atoms with Crippen LogP contribution in [0.3, 0.4) is 0 Å². The third kappa shape index (κ3) is 9.79.